The number of aromatic nitrogens is 2. The van der Waals surface area contributed by atoms with Crippen LogP contribution in [0.4, 0.5) is 0 Å². The van der Waals surface area contributed by atoms with Crippen molar-refractivity contribution in [3.8, 4) is 5.75 Å². The fraction of sp³-hybridized carbons (Fsp3) is 0.250. The predicted molar refractivity (Wildman–Crippen MR) is 63.7 cm³/mol. The Morgan fingerprint density at radius 2 is 2.19 bits per heavy atom. The van der Waals surface area contributed by atoms with E-state index in [1.54, 1.807) is 4.68 Å². The highest BCUT2D eigenvalue weighted by molar-refractivity contribution is 6.30. The van der Waals surface area contributed by atoms with Crippen molar-refractivity contribution in [2.24, 2.45) is 7.05 Å². The normalized spacial score (nSPS) is 10.4. The minimum Gasteiger partial charge on any atom is -0.487 e. The van der Waals surface area contributed by atoms with Gasteiger partial charge in [0.1, 0.15) is 12.4 Å². The van der Waals surface area contributed by atoms with Crippen molar-refractivity contribution < 1.29 is 4.74 Å². The van der Waals surface area contributed by atoms with Crippen LogP contribution < -0.4 is 4.74 Å². The highest BCUT2D eigenvalue weighted by atomic mass is 35.5. The van der Waals surface area contributed by atoms with Crippen LogP contribution in [0.3, 0.4) is 0 Å². The van der Waals surface area contributed by atoms with E-state index in [-0.39, 0.29) is 0 Å². The molecule has 0 fully saturated rings. The van der Waals surface area contributed by atoms with Crippen LogP contribution in [0.25, 0.3) is 0 Å². The second-order valence-corrected chi connectivity index (χ2v) is 4.12. The molecule has 0 atom stereocenters. The molecular formula is C12H13ClN2O. The number of hydrogen-bond donors (Lipinski definition) is 0. The topological polar surface area (TPSA) is 27.1 Å². The van der Waals surface area contributed by atoms with Gasteiger partial charge in [0.2, 0.25) is 0 Å². The molecule has 0 spiro atoms. The molecule has 0 bridgehead atoms. The summed E-state index contributed by atoms with van der Waals surface area (Å²) in [7, 11) is 1.88. The van der Waals surface area contributed by atoms with Crippen LogP contribution in [0.5, 0.6) is 5.75 Å². The van der Waals surface area contributed by atoms with Gasteiger partial charge in [0.05, 0.1) is 5.69 Å². The maximum absolute atomic E-state index is 5.90. The van der Waals surface area contributed by atoms with Gasteiger partial charge in [-0.1, -0.05) is 17.7 Å². The van der Waals surface area contributed by atoms with Crippen LogP contribution in [0.1, 0.15) is 11.3 Å². The third-order valence-corrected chi connectivity index (χ3v) is 2.53. The number of nitrogens with zero attached hydrogens (tertiary/aromatic N) is 2. The molecule has 1 heterocycles. The molecule has 3 nitrogen and oxygen atoms in total. The Morgan fingerprint density at radius 1 is 1.38 bits per heavy atom. The van der Waals surface area contributed by atoms with Gasteiger partial charge < -0.3 is 4.74 Å². The number of aryl methyl sites for hydroxylation is 2. The molecule has 0 aliphatic heterocycles. The molecular weight excluding hydrogens is 224 g/mol. The molecule has 1 aromatic carbocycles. The minimum atomic E-state index is 0.460. The van der Waals surface area contributed by atoms with Gasteiger partial charge in [-0.05, 0) is 30.7 Å². The van der Waals surface area contributed by atoms with E-state index in [0.717, 1.165) is 17.0 Å². The summed E-state index contributed by atoms with van der Waals surface area (Å²) in [5, 5.41) is 4.92. The zero-order valence-electron chi connectivity index (χ0n) is 9.27. The molecule has 2 aromatic rings. The highest BCUT2D eigenvalue weighted by Gasteiger charge is 2.02. The SMILES string of the molecule is Cc1ccc(Cl)cc1OCc1ccn(C)n1. The molecule has 0 saturated carbocycles. The Hall–Kier alpha value is -1.48. The van der Waals surface area contributed by atoms with Crippen molar-refractivity contribution in [1.29, 1.82) is 0 Å². The quantitative estimate of drug-likeness (QED) is 0.819. The van der Waals surface area contributed by atoms with Crippen molar-refractivity contribution in [3.63, 3.8) is 0 Å². The Labute approximate surface area is 99.6 Å². The first-order valence-corrected chi connectivity index (χ1v) is 5.40. The van der Waals surface area contributed by atoms with Gasteiger partial charge in [0.25, 0.3) is 0 Å². The molecule has 0 amide bonds. The first-order chi connectivity index (χ1) is 7.65. The predicted octanol–water partition coefficient (Wildman–Crippen LogP) is 2.96. The van der Waals surface area contributed by atoms with E-state index in [1.807, 2.05) is 44.4 Å². The Morgan fingerprint density at radius 3 is 2.88 bits per heavy atom. The minimum absolute atomic E-state index is 0.460. The van der Waals surface area contributed by atoms with E-state index in [4.69, 9.17) is 16.3 Å². The van der Waals surface area contributed by atoms with E-state index >= 15 is 0 Å². The van der Waals surface area contributed by atoms with Crippen LogP contribution in [0.2, 0.25) is 5.02 Å². The fourth-order valence-corrected chi connectivity index (χ4v) is 1.58. The van der Waals surface area contributed by atoms with Crippen LogP contribution in [0.15, 0.2) is 30.5 Å². The number of rotatable bonds is 3. The summed E-state index contributed by atoms with van der Waals surface area (Å²) in [6.07, 6.45) is 1.89. The van der Waals surface area contributed by atoms with Crippen LogP contribution in [0, 0.1) is 6.92 Å². The zero-order valence-corrected chi connectivity index (χ0v) is 10.0. The number of benzene rings is 1. The highest BCUT2D eigenvalue weighted by Crippen LogP contribution is 2.23. The van der Waals surface area contributed by atoms with Gasteiger partial charge in [0.15, 0.2) is 0 Å². The fourth-order valence-electron chi connectivity index (χ4n) is 1.42. The van der Waals surface area contributed by atoms with E-state index < -0.39 is 0 Å². The van der Waals surface area contributed by atoms with Gasteiger partial charge in [-0.25, -0.2) is 0 Å². The molecule has 0 unspecified atom stereocenters. The van der Waals surface area contributed by atoms with Crippen molar-refractivity contribution in [1.82, 2.24) is 9.78 Å². The molecule has 0 N–H and O–H groups in total. The molecule has 0 saturated heterocycles. The third-order valence-electron chi connectivity index (χ3n) is 2.29. The molecule has 0 radical (unpaired) electrons. The van der Waals surface area contributed by atoms with Gasteiger partial charge >= 0.3 is 0 Å². The summed E-state index contributed by atoms with van der Waals surface area (Å²) in [5.74, 6) is 0.804. The molecule has 0 aliphatic carbocycles. The first-order valence-electron chi connectivity index (χ1n) is 5.02. The number of hydrogen-bond acceptors (Lipinski definition) is 2. The standard InChI is InChI=1S/C12H13ClN2O/c1-9-3-4-10(13)7-12(9)16-8-11-5-6-15(2)14-11/h3-7H,8H2,1-2H3. The Bertz CT molecular complexity index is 494. The number of ether oxygens (including phenoxy) is 1. The third kappa shape index (κ3) is 2.55. The summed E-state index contributed by atoms with van der Waals surface area (Å²) in [6.45, 7) is 2.45. The lowest BCUT2D eigenvalue weighted by molar-refractivity contribution is 0.298. The molecule has 16 heavy (non-hydrogen) atoms. The van der Waals surface area contributed by atoms with Crippen molar-refractivity contribution >= 4 is 11.6 Å². The monoisotopic (exact) mass is 236 g/mol. The summed E-state index contributed by atoms with van der Waals surface area (Å²) in [6, 6.07) is 7.54. The Balaban J connectivity index is 2.07. The van der Waals surface area contributed by atoms with Gasteiger partial charge in [-0.15, -0.1) is 0 Å². The Kier molecular flexibility index (Phi) is 3.15. The van der Waals surface area contributed by atoms with Crippen molar-refractivity contribution in [2.75, 3.05) is 0 Å². The first kappa shape index (κ1) is 11.0. The largest absolute Gasteiger partial charge is 0.487 e. The van der Waals surface area contributed by atoms with E-state index in [9.17, 15) is 0 Å². The van der Waals surface area contributed by atoms with E-state index in [1.165, 1.54) is 0 Å². The smallest absolute Gasteiger partial charge is 0.132 e. The van der Waals surface area contributed by atoms with Gasteiger partial charge in [0, 0.05) is 18.3 Å². The summed E-state index contributed by atoms with van der Waals surface area (Å²) in [5.41, 5.74) is 1.97. The number of halogens is 1. The maximum atomic E-state index is 5.90. The van der Waals surface area contributed by atoms with Gasteiger partial charge in [-0.3, -0.25) is 4.68 Å². The molecule has 0 aliphatic rings. The molecule has 84 valence electrons. The van der Waals surface area contributed by atoms with Crippen LogP contribution in [-0.4, -0.2) is 9.78 Å². The van der Waals surface area contributed by atoms with Crippen molar-refractivity contribution in [2.45, 2.75) is 13.5 Å². The lowest BCUT2D eigenvalue weighted by Gasteiger charge is -2.07. The molecule has 2 rings (SSSR count). The van der Waals surface area contributed by atoms with Crippen molar-refractivity contribution in [3.05, 3.63) is 46.7 Å². The van der Waals surface area contributed by atoms with Crippen LogP contribution in [-0.2, 0) is 13.7 Å². The van der Waals surface area contributed by atoms with Crippen LogP contribution >= 0.6 is 11.6 Å². The lowest BCUT2D eigenvalue weighted by Crippen LogP contribution is -1.99. The zero-order chi connectivity index (χ0) is 11.5. The average Bonchev–Trinajstić information content (AvgIpc) is 2.66. The van der Waals surface area contributed by atoms with Gasteiger partial charge in [-0.2, -0.15) is 5.10 Å². The molecule has 4 heteroatoms. The second-order valence-electron chi connectivity index (χ2n) is 3.68. The molecule has 1 aromatic heterocycles. The average molecular weight is 237 g/mol. The summed E-state index contributed by atoms with van der Waals surface area (Å²) >= 11 is 5.90. The van der Waals surface area contributed by atoms with E-state index in [2.05, 4.69) is 5.10 Å². The lowest BCUT2D eigenvalue weighted by atomic mass is 10.2. The van der Waals surface area contributed by atoms with E-state index in [0.29, 0.717) is 11.6 Å². The summed E-state index contributed by atoms with van der Waals surface area (Å²) < 4.78 is 7.41. The summed E-state index contributed by atoms with van der Waals surface area (Å²) in [4.78, 5) is 0. The second kappa shape index (κ2) is 4.58. The maximum Gasteiger partial charge on any atom is 0.132 e.